The van der Waals surface area contributed by atoms with Gasteiger partial charge in [-0.15, -0.1) is 0 Å². The molecule has 0 unspecified atom stereocenters. The van der Waals surface area contributed by atoms with Crippen LogP contribution in [0.3, 0.4) is 0 Å². The summed E-state index contributed by atoms with van der Waals surface area (Å²) in [6.45, 7) is 1.91. The van der Waals surface area contributed by atoms with Crippen LogP contribution in [0.5, 0.6) is 0 Å². The molecule has 5 heteroatoms. The molecule has 18 heavy (non-hydrogen) atoms. The number of nitrogens with one attached hydrogen (secondary N) is 1. The minimum atomic E-state index is -0.418. The molecule has 0 aliphatic carbocycles. The van der Waals surface area contributed by atoms with Gasteiger partial charge in [0, 0.05) is 11.4 Å². The number of hydrogen-bond acceptors (Lipinski definition) is 4. The van der Waals surface area contributed by atoms with Gasteiger partial charge in [-0.25, -0.2) is 0 Å². The fourth-order valence-electron chi connectivity index (χ4n) is 1.57. The number of thioether (sulfide) groups is 1. The van der Waals surface area contributed by atoms with Crippen LogP contribution in [0.15, 0.2) is 41.0 Å². The quantitative estimate of drug-likeness (QED) is 0.516. The second-order valence-corrected chi connectivity index (χ2v) is 4.80. The predicted molar refractivity (Wildman–Crippen MR) is 71.2 cm³/mol. The van der Waals surface area contributed by atoms with Crippen molar-refractivity contribution in [3.05, 3.63) is 41.0 Å². The van der Waals surface area contributed by atoms with Crippen LogP contribution >= 0.6 is 11.8 Å². The summed E-state index contributed by atoms with van der Waals surface area (Å²) in [6.07, 6.45) is 0. The first-order valence-corrected chi connectivity index (χ1v) is 6.54. The Morgan fingerprint density at radius 2 is 2.00 bits per heavy atom. The van der Waals surface area contributed by atoms with E-state index in [9.17, 15) is 9.59 Å². The Labute approximate surface area is 109 Å². The maximum Gasteiger partial charge on any atom is 0.263 e. The summed E-state index contributed by atoms with van der Waals surface area (Å²) in [6, 6.07) is 9.02. The third kappa shape index (κ3) is 2.92. The van der Waals surface area contributed by atoms with Crippen LogP contribution in [-0.4, -0.2) is 24.1 Å². The third-order valence-corrected chi connectivity index (χ3v) is 3.32. The van der Waals surface area contributed by atoms with E-state index in [0.717, 1.165) is 5.75 Å². The van der Waals surface area contributed by atoms with Gasteiger partial charge in [-0.05, 0) is 19.1 Å². The van der Waals surface area contributed by atoms with Gasteiger partial charge < -0.3 is 10.1 Å². The first kappa shape index (κ1) is 12.7. The van der Waals surface area contributed by atoms with Gasteiger partial charge >= 0.3 is 0 Å². The smallest absolute Gasteiger partial charge is 0.263 e. The number of anilines is 1. The van der Waals surface area contributed by atoms with E-state index in [1.807, 2.05) is 18.2 Å². The zero-order chi connectivity index (χ0) is 13.0. The molecule has 0 bridgehead atoms. The van der Waals surface area contributed by atoms with Crippen molar-refractivity contribution in [3.63, 3.8) is 0 Å². The molecule has 1 aromatic carbocycles. The van der Waals surface area contributed by atoms with Gasteiger partial charge in [0.1, 0.15) is 5.57 Å². The Hall–Kier alpha value is -1.75. The molecule has 2 rings (SSSR count). The van der Waals surface area contributed by atoms with Crippen LogP contribution in [0.25, 0.3) is 0 Å². The normalized spacial score (nSPS) is 16.9. The van der Waals surface area contributed by atoms with Crippen molar-refractivity contribution in [1.82, 2.24) is 0 Å². The van der Waals surface area contributed by atoms with Crippen molar-refractivity contribution in [2.45, 2.75) is 6.92 Å². The molecule has 4 nitrogen and oxygen atoms in total. The molecule has 1 heterocycles. The van der Waals surface area contributed by atoms with Gasteiger partial charge in [0.25, 0.3) is 5.91 Å². The summed E-state index contributed by atoms with van der Waals surface area (Å²) in [5.41, 5.74) is 0.756. The molecule has 1 aliphatic rings. The maximum atomic E-state index is 12.1. The molecule has 1 N–H and O–H groups in total. The molecule has 0 aromatic heterocycles. The van der Waals surface area contributed by atoms with Gasteiger partial charge in [-0.1, -0.05) is 30.0 Å². The number of benzene rings is 1. The molecule has 0 radical (unpaired) electrons. The lowest BCUT2D eigenvalue weighted by Crippen LogP contribution is -2.20. The largest absolute Gasteiger partial charge is 0.486 e. The molecule has 1 amide bonds. The molecule has 1 aromatic rings. The van der Waals surface area contributed by atoms with Crippen LogP contribution in [0.1, 0.15) is 6.92 Å². The second-order valence-electron chi connectivity index (χ2n) is 3.74. The van der Waals surface area contributed by atoms with Crippen LogP contribution in [0, 0.1) is 0 Å². The summed E-state index contributed by atoms with van der Waals surface area (Å²) in [5, 5.41) is 3.12. The Bertz CT molecular complexity index is 488. The summed E-state index contributed by atoms with van der Waals surface area (Å²) in [4.78, 5) is 23.6. The highest BCUT2D eigenvalue weighted by atomic mass is 32.2. The van der Waals surface area contributed by atoms with Gasteiger partial charge in [-0.3, -0.25) is 9.59 Å². The lowest BCUT2D eigenvalue weighted by atomic mass is 10.2. The average Bonchev–Trinajstić information content (AvgIpc) is 2.83. The summed E-state index contributed by atoms with van der Waals surface area (Å²) < 4.78 is 5.30. The monoisotopic (exact) mass is 263 g/mol. The number of Topliss-reactive ketones (excluding diaryl/α,β-unsaturated/α-hetero) is 1. The zero-order valence-corrected chi connectivity index (χ0v) is 10.8. The highest BCUT2D eigenvalue weighted by molar-refractivity contribution is 8.03. The first-order valence-electron chi connectivity index (χ1n) is 5.55. The number of rotatable bonds is 3. The fourth-order valence-corrected chi connectivity index (χ4v) is 2.47. The summed E-state index contributed by atoms with van der Waals surface area (Å²) in [5.74, 6) is 0.0657. The first-order chi connectivity index (χ1) is 8.68. The molecule has 1 saturated heterocycles. The van der Waals surface area contributed by atoms with Crippen molar-refractivity contribution < 1.29 is 14.3 Å². The maximum absolute atomic E-state index is 12.1. The van der Waals surface area contributed by atoms with Crippen LogP contribution in [0.4, 0.5) is 5.69 Å². The topological polar surface area (TPSA) is 55.4 Å². The number of ketones is 1. The van der Waals surface area contributed by atoms with Gasteiger partial charge in [0.2, 0.25) is 0 Å². The van der Waals surface area contributed by atoms with Crippen molar-refractivity contribution >= 4 is 29.1 Å². The van der Waals surface area contributed by atoms with Crippen LogP contribution in [-0.2, 0) is 14.3 Å². The van der Waals surface area contributed by atoms with Crippen molar-refractivity contribution in [2.75, 3.05) is 17.7 Å². The van der Waals surface area contributed by atoms with E-state index in [4.69, 9.17) is 4.74 Å². The Kier molecular flexibility index (Phi) is 4.04. The van der Waals surface area contributed by atoms with Crippen molar-refractivity contribution in [3.8, 4) is 0 Å². The van der Waals surface area contributed by atoms with Gasteiger partial charge in [0.15, 0.2) is 10.9 Å². The molecule has 0 atom stereocenters. The minimum absolute atomic E-state index is 0.0985. The third-order valence-electron chi connectivity index (χ3n) is 2.36. The standard InChI is InChI=1S/C13H13NO3S/c1-9(15)11(13-17-7-8-18-13)12(16)14-10-5-3-2-4-6-10/h2-6H,7-8H2,1H3,(H,14,16)/b13-11-. The number of carbonyl (C=O) groups excluding carboxylic acids is 2. The SMILES string of the molecule is CC(=O)/C(C(=O)Nc1ccccc1)=C1\OCCS1. The van der Waals surface area contributed by atoms with Crippen LogP contribution in [0.2, 0.25) is 0 Å². The lowest BCUT2D eigenvalue weighted by Gasteiger charge is -2.08. The Balaban J connectivity index is 2.20. The highest BCUT2D eigenvalue weighted by Gasteiger charge is 2.24. The van der Waals surface area contributed by atoms with E-state index < -0.39 is 5.91 Å². The molecular formula is C13H13NO3S. The molecule has 0 spiro atoms. The number of amides is 1. The number of carbonyl (C=O) groups is 2. The molecule has 1 aliphatic heterocycles. The number of para-hydroxylation sites is 1. The van der Waals surface area contributed by atoms with Crippen molar-refractivity contribution in [2.24, 2.45) is 0 Å². The average molecular weight is 263 g/mol. The number of hydrogen-bond donors (Lipinski definition) is 1. The fraction of sp³-hybridized carbons (Fsp3) is 0.231. The Morgan fingerprint density at radius 1 is 1.28 bits per heavy atom. The summed E-state index contributed by atoms with van der Waals surface area (Å²) >= 11 is 1.39. The van der Waals surface area contributed by atoms with Crippen molar-refractivity contribution in [1.29, 1.82) is 0 Å². The molecule has 94 valence electrons. The van der Waals surface area contributed by atoms with Crippen LogP contribution < -0.4 is 5.32 Å². The van der Waals surface area contributed by atoms with E-state index >= 15 is 0 Å². The van der Waals surface area contributed by atoms with E-state index in [1.165, 1.54) is 18.7 Å². The number of ether oxygens (including phenoxy) is 1. The van der Waals surface area contributed by atoms with E-state index in [1.54, 1.807) is 12.1 Å². The minimum Gasteiger partial charge on any atom is -0.486 e. The molecule has 1 fully saturated rings. The predicted octanol–water partition coefficient (Wildman–Crippen LogP) is 2.19. The second kappa shape index (κ2) is 5.73. The van der Waals surface area contributed by atoms with E-state index in [2.05, 4.69) is 5.32 Å². The summed E-state index contributed by atoms with van der Waals surface area (Å²) in [7, 11) is 0. The highest BCUT2D eigenvalue weighted by Crippen LogP contribution is 2.28. The zero-order valence-electron chi connectivity index (χ0n) is 9.93. The van der Waals surface area contributed by atoms with E-state index in [-0.39, 0.29) is 11.4 Å². The molecular weight excluding hydrogens is 250 g/mol. The Morgan fingerprint density at radius 3 is 2.56 bits per heavy atom. The molecule has 0 saturated carbocycles. The van der Waals surface area contributed by atoms with Gasteiger partial charge in [0.05, 0.1) is 6.61 Å². The van der Waals surface area contributed by atoms with E-state index in [0.29, 0.717) is 17.4 Å². The van der Waals surface area contributed by atoms with Gasteiger partial charge in [-0.2, -0.15) is 0 Å². The lowest BCUT2D eigenvalue weighted by molar-refractivity contribution is -0.119.